The Morgan fingerprint density at radius 2 is 1.77 bits per heavy atom. The molecule has 0 bridgehead atoms. The number of ether oxygens (including phenoxy) is 2. The highest BCUT2D eigenvalue weighted by Gasteiger charge is 2.11. The van der Waals surface area contributed by atoms with E-state index in [1.807, 2.05) is 0 Å². The van der Waals surface area contributed by atoms with Gasteiger partial charge in [0.2, 0.25) is 0 Å². The van der Waals surface area contributed by atoms with Crippen LogP contribution in [0.25, 0.3) is 0 Å². The fourth-order valence-corrected chi connectivity index (χ4v) is 2.35. The SMILES string of the molecule is COC(=O)c1ccc(CNC(=O)COc2ccc(Cl)cc2C(C)=O)cc1. The summed E-state index contributed by atoms with van der Waals surface area (Å²) in [6.07, 6.45) is 0. The van der Waals surface area contributed by atoms with Crippen molar-refractivity contribution in [1.82, 2.24) is 5.32 Å². The summed E-state index contributed by atoms with van der Waals surface area (Å²) < 4.78 is 10.0. The number of esters is 1. The number of rotatable bonds is 7. The van der Waals surface area contributed by atoms with Gasteiger partial charge in [0.25, 0.3) is 5.91 Å². The largest absolute Gasteiger partial charge is 0.483 e. The van der Waals surface area contributed by atoms with Crippen LogP contribution in [0, 0.1) is 0 Å². The topological polar surface area (TPSA) is 81.7 Å². The molecule has 1 amide bonds. The van der Waals surface area contributed by atoms with Gasteiger partial charge < -0.3 is 14.8 Å². The Balaban J connectivity index is 1.88. The fourth-order valence-electron chi connectivity index (χ4n) is 2.17. The second-order valence-corrected chi connectivity index (χ2v) is 5.89. The number of methoxy groups -OCH3 is 1. The van der Waals surface area contributed by atoms with E-state index in [-0.39, 0.29) is 24.8 Å². The van der Waals surface area contributed by atoms with E-state index in [0.29, 0.717) is 21.9 Å². The molecule has 2 aromatic rings. The normalized spacial score (nSPS) is 10.1. The van der Waals surface area contributed by atoms with Crippen LogP contribution in [0.15, 0.2) is 42.5 Å². The second-order valence-electron chi connectivity index (χ2n) is 5.45. The standard InChI is InChI=1S/C19H18ClNO5/c1-12(22)16-9-15(20)7-8-17(16)26-11-18(23)21-10-13-3-5-14(6-4-13)19(24)25-2/h3-9H,10-11H2,1-2H3,(H,21,23). The number of carbonyl (C=O) groups excluding carboxylic acids is 3. The molecule has 6 nitrogen and oxygen atoms in total. The number of carbonyl (C=O) groups is 3. The number of benzene rings is 2. The number of nitrogens with one attached hydrogen (secondary N) is 1. The van der Waals surface area contributed by atoms with Gasteiger partial charge in [-0.15, -0.1) is 0 Å². The Kier molecular flexibility index (Phi) is 6.74. The van der Waals surface area contributed by atoms with Crippen LogP contribution in [-0.2, 0) is 16.1 Å². The molecule has 0 unspecified atom stereocenters. The van der Waals surface area contributed by atoms with E-state index in [4.69, 9.17) is 16.3 Å². The highest BCUT2D eigenvalue weighted by molar-refractivity contribution is 6.31. The molecule has 0 saturated heterocycles. The number of hydrogen-bond donors (Lipinski definition) is 1. The Morgan fingerprint density at radius 3 is 2.38 bits per heavy atom. The van der Waals surface area contributed by atoms with Crippen molar-refractivity contribution in [3.63, 3.8) is 0 Å². The molecule has 0 fully saturated rings. The summed E-state index contributed by atoms with van der Waals surface area (Å²) in [5, 5.41) is 3.12. The van der Waals surface area contributed by atoms with E-state index < -0.39 is 5.97 Å². The Bertz CT molecular complexity index is 817. The van der Waals surface area contributed by atoms with Crippen LogP contribution in [0.4, 0.5) is 0 Å². The molecule has 0 spiro atoms. The first kappa shape index (κ1) is 19.5. The maximum atomic E-state index is 11.9. The third-order valence-electron chi connectivity index (χ3n) is 3.54. The lowest BCUT2D eigenvalue weighted by Crippen LogP contribution is -2.28. The van der Waals surface area contributed by atoms with Crippen molar-refractivity contribution in [2.24, 2.45) is 0 Å². The van der Waals surface area contributed by atoms with Crippen molar-refractivity contribution < 1.29 is 23.9 Å². The van der Waals surface area contributed by atoms with Crippen LogP contribution in [-0.4, -0.2) is 31.4 Å². The zero-order valence-electron chi connectivity index (χ0n) is 14.4. The molecule has 0 aromatic heterocycles. The van der Waals surface area contributed by atoms with Crippen molar-refractivity contribution in [2.75, 3.05) is 13.7 Å². The van der Waals surface area contributed by atoms with Gasteiger partial charge in [0.15, 0.2) is 12.4 Å². The third-order valence-corrected chi connectivity index (χ3v) is 3.78. The highest BCUT2D eigenvalue weighted by Crippen LogP contribution is 2.23. The van der Waals surface area contributed by atoms with Crippen LogP contribution in [0.5, 0.6) is 5.75 Å². The summed E-state index contributed by atoms with van der Waals surface area (Å²) in [5.41, 5.74) is 1.58. The van der Waals surface area contributed by atoms with Crippen LogP contribution in [0.3, 0.4) is 0 Å². The molecule has 0 saturated carbocycles. The number of hydrogen-bond acceptors (Lipinski definition) is 5. The number of halogens is 1. The zero-order chi connectivity index (χ0) is 19.1. The molecule has 7 heteroatoms. The average molecular weight is 376 g/mol. The average Bonchev–Trinajstić information content (AvgIpc) is 2.65. The minimum Gasteiger partial charge on any atom is -0.483 e. The molecule has 0 aliphatic rings. The Hall–Kier alpha value is -2.86. The lowest BCUT2D eigenvalue weighted by atomic mass is 10.1. The highest BCUT2D eigenvalue weighted by atomic mass is 35.5. The lowest BCUT2D eigenvalue weighted by molar-refractivity contribution is -0.123. The quantitative estimate of drug-likeness (QED) is 0.594. The summed E-state index contributed by atoms with van der Waals surface area (Å²) in [5.74, 6) is -0.655. The minimum atomic E-state index is -0.418. The van der Waals surface area contributed by atoms with Crippen molar-refractivity contribution in [1.29, 1.82) is 0 Å². The van der Waals surface area contributed by atoms with Gasteiger partial charge in [-0.3, -0.25) is 9.59 Å². The fraction of sp³-hybridized carbons (Fsp3) is 0.211. The van der Waals surface area contributed by atoms with Gasteiger partial charge in [-0.2, -0.15) is 0 Å². The zero-order valence-corrected chi connectivity index (χ0v) is 15.1. The van der Waals surface area contributed by atoms with E-state index in [1.54, 1.807) is 36.4 Å². The maximum Gasteiger partial charge on any atom is 0.337 e. The first-order chi connectivity index (χ1) is 12.4. The van der Waals surface area contributed by atoms with Gasteiger partial charge in [-0.25, -0.2) is 4.79 Å². The summed E-state index contributed by atoms with van der Waals surface area (Å²) in [6.45, 7) is 1.45. The first-order valence-electron chi connectivity index (χ1n) is 7.78. The van der Waals surface area contributed by atoms with Gasteiger partial charge in [0.1, 0.15) is 5.75 Å². The number of Topliss-reactive ketones (excluding diaryl/α,β-unsaturated/α-hetero) is 1. The van der Waals surface area contributed by atoms with Crippen molar-refractivity contribution in [2.45, 2.75) is 13.5 Å². The van der Waals surface area contributed by atoms with Crippen LogP contribution < -0.4 is 10.1 Å². The Labute approximate surface area is 156 Å². The van der Waals surface area contributed by atoms with Gasteiger partial charge in [0, 0.05) is 11.6 Å². The maximum absolute atomic E-state index is 11.9. The van der Waals surface area contributed by atoms with Gasteiger partial charge in [0.05, 0.1) is 18.2 Å². The molecule has 0 aliphatic heterocycles. The summed E-state index contributed by atoms with van der Waals surface area (Å²) in [6, 6.07) is 11.3. The molecule has 2 aromatic carbocycles. The molecule has 1 N–H and O–H groups in total. The number of amides is 1. The van der Waals surface area contributed by atoms with E-state index in [1.165, 1.54) is 20.1 Å². The monoisotopic (exact) mass is 375 g/mol. The molecule has 136 valence electrons. The van der Waals surface area contributed by atoms with Crippen LogP contribution in [0.1, 0.15) is 33.2 Å². The molecule has 26 heavy (non-hydrogen) atoms. The van der Waals surface area contributed by atoms with Crippen molar-refractivity contribution in [3.05, 3.63) is 64.2 Å². The predicted molar refractivity (Wildman–Crippen MR) is 96.6 cm³/mol. The molecule has 0 aliphatic carbocycles. The molecule has 0 radical (unpaired) electrons. The van der Waals surface area contributed by atoms with E-state index in [0.717, 1.165) is 5.56 Å². The smallest absolute Gasteiger partial charge is 0.337 e. The molecular formula is C19H18ClNO5. The van der Waals surface area contributed by atoms with Gasteiger partial charge in [-0.1, -0.05) is 23.7 Å². The molecule has 0 atom stereocenters. The van der Waals surface area contributed by atoms with Crippen LogP contribution >= 0.6 is 11.6 Å². The minimum absolute atomic E-state index is 0.200. The van der Waals surface area contributed by atoms with E-state index >= 15 is 0 Å². The van der Waals surface area contributed by atoms with E-state index in [2.05, 4.69) is 10.1 Å². The molecular weight excluding hydrogens is 358 g/mol. The predicted octanol–water partition coefficient (Wildman–Crippen LogP) is 3.02. The van der Waals surface area contributed by atoms with Crippen molar-refractivity contribution >= 4 is 29.3 Å². The second kappa shape index (κ2) is 9.01. The van der Waals surface area contributed by atoms with Crippen molar-refractivity contribution in [3.8, 4) is 5.75 Å². The summed E-state index contributed by atoms with van der Waals surface area (Å²) in [4.78, 5) is 34.9. The van der Waals surface area contributed by atoms with Gasteiger partial charge in [-0.05, 0) is 42.8 Å². The third kappa shape index (κ3) is 5.32. The summed E-state index contributed by atoms with van der Waals surface area (Å²) in [7, 11) is 1.31. The lowest BCUT2D eigenvalue weighted by Gasteiger charge is -2.11. The molecule has 0 heterocycles. The van der Waals surface area contributed by atoms with Gasteiger partial charge >= 0.3 is 5.97 Å². The number of ketones is 1. The van der Waals surface area contributed by atoms with Crippen LogP contribution in [0.2, 0.25) is 5.02 Å². The van der Waals surface area contributed by atoms with E-state index in [9.17, 15) is 14.4 Å². The molecule has 2 rings (SSSR count). The summed E-state index contributed by atoms with van der Waals surface area (Å²) >= 11 is 5.87. The Morgan fingerprint density at radius 1 is 1.08 bits per heavy atom. The first-order valence-corrected chi connectivity index (χ1v) is 8.15.